The lowest BCUT2D eigenvalue weighted by Crippen LogP contribution is -2.41. The van der Waals surface area contributed by atoms with Crippen LogP contribution in [-0.4, -0.2) is 61.1 Å². The molecule has 1 heterocycles. The second-order valence-corrected chi connectivity index (χ2v) is 6.38. The molecule has 4 nitrogen and oxygen atoms in total. The number of esters is 1. The molecule has 1 saturated heterocycles. The Morgan fingerprint density at radius 3 is 2.61 bits per heavy atom. The molecule has 0 radical (unpaired) electrons. The summed E-state index contributed by atoms with van der Waals surface area (Å²) in [5, 5.41) is 0. The number of rotatable bonds is 5. The first kappa shape index (κ1) is 15.4. The Kier molecular flexibility index (Phi) is 5.60. The van der Waals surface area contributed by atoms with E-state index in [4.69, 9.17) is 4.74 Å². The SMILES string of the molecule is CN(C)CCCN1CCC[C@@H]1C(=O)OC(C)(C)C. The summed E-state index contributed by atoms with van der Waals surface area (Å²) in [6.45, 7) is 8.86. The smallest absolute Gasteiger partial charge is 0.323 e. The first-order valence-electron chi connectivity index (χ1n) is 6.91. The van der Waals surface area contributed by atoms with Gasteiger partial charge in [0.1, 0.15) is 11.6 Å². The van der Waals surface area contributed by atoms with Crippen LogP contribution in [0.5, 0.6) is 0 Å². The van der Waals surface area contributed by atoms with Gasteiger partial charge in [0, 0.05) is 6.54 Å². The summed E-state index contributed by atoms with van der Waals surface area (Å²) in [6.07, 6.45) is 3.15. The van der Waals surface area contributed by atoms with Crippen LogP contribution in [-0.2, 0) is 9.53 Å². The van der Waals surface area contributed by atoms with E-state index >= 15 is 0 Å². The van der Waals surface area contributed by atoms with Crippen molar-refractivity contribution in [1.29, 1.82) is 0 Å². The minimum Gasteiger partial charge on any atom is -0.459 e. The molecule has 4 heteroatoms. The minimum absolute atomic E-state index is 0.0219. The molecule has 0 aliphatic carbocycles. The minimum atomic E-state index is -0.380. The number of ether oxygens (including phenoxy) is 1. The van der Waals surface area contributed by atoms with Gasteiger partial charge in [-0.05, 0) is 67.2 Å². The van der Waals surface area contributed by atoms with E-state index in [0.717, 1.165) is 38.9 Å². The lowest BCUT2D eigenvalue weighted by molar-refractivity contribution is -0.160. The quantitative estimate of drug-likeness (QED) is 0.702. The monoisotopic (exact) mass is 256 g/mol. The standard InChI is InChI=1S/C14H28N2O2/c1-14(2,3)18-13(17)12-8-6-10-16(12)11-7-9-15(4)5/h12H,6-11H2,1-5H3/t12-/m1/s1. The molecule has 0 bridgehead atoms. The van der Waals surface area contributed by atoms with Gasteiger partial charge in [-0.1, -0.05) is 0 Å². The Balaban J connectivity index is 2.41. The van der Waals surface area contributed by atoms with Crippen molar-refractivity contribution in [3.8, 4) is 0 Å². The topological polar surface area (TPSA) is 32.8 Å². The average molecular weight is 256 g/mol. The van der Waals surface area contributed by atoms with Crippen molar-refractivity contribution in [3.63, 3.8) is 0 Å². The molecule has 0 unspecified atom stereocenters. The normalized spacial score (nSPS) is 21.6. The van der Waals surface area contributed by atoms with Gasteiger partial charge in [-0.15, -0.1) is 0 Å². The lowest BCUT2D eigenvalue weighted by atomic mass is 10.1. The predicted octanol–water partition coefficient (Wildman–Crippen LogP) is 1.74. The second kappa shape index (κ2) is 6.53. The van der Waals surface area contributed by atoms with Crippen molar-refractivity contribution < 1.29 is 9.53 Å². The maximum atomic E-state index is 12.1. The average Bonchev–Trinajstić information content (AvgIpc) is 2.62. The van der Waals surface area contributed by atoms with Crippen LogP contribution in [0.1, 0.15) is 40.0 Å². The first-order valence-corrected chi connectivity index (χ1v) is 6.91. The number of carbonyl (C=O) groups excluding carboxylic acids is 1. The van der Waals surface area contributed by atoms with Gasteiger partial charge in [0.15, 0.2) is 0 Å². The zero-order chi connectivity index (χ0) is 13.8. The number of carbonyl (C=O) groups is 1. The van der Waals surface area contributed by atoms with E-state index in [0.29, 0.717) is 0 Å². The van der Waals surface area contributed by atoms with Gasteiger partial charge < -0.3 is 9.64 Å². The molecule has 1 aliphatic rings. The zero-order valence-electron chi connectivity index (χ0n) is 12.5. The Morgan fingerprint density at radius 1 is 1.39 bits per heavy atom. The number of hydrogen-bond donors (Lipinski definition) is 0. The highest BCUT2D eigenvalue weighted by atomic mass is 16.6. The van der Waals surface area contributed by atoms with E-state index in [-0.39, 0.29) is 17.6 Å². The van der Waals surface area contributed by atoms with Crippen LogP contribution in [0, 0.1) is 0 Å². The maximum Gasteiger partial charge on any atom is 0.323 e. The highest BCUT2D eigenvalue weighted by Crippen LogP contribution is 2.21. The van der Waals surface area contributed by atoms with Crippen LogP contribution in [0.3, 0.4) is 0 Å². The molecule has 1 rings (SSSR count). The van der Waals surface area contributed by atoms with Crippen molar-refractivity contribution in [2.24, 2.45) is 0 Å². The Hall–Kier alpha value is -0.610. The van der Waals surface area contributed by atoms with Crippen LogP contribution in [0.25, 0.3) is 0 Å². The van der Waals surface area contributed by atoms with E-state index < -0.39 is 0 Å². The molecule has 0 N–H and O–H groups in total. The fourth-order valence-electron chi connectivity index (χ4n) is 2.32. The van der Waals surface area contributed by atoms with Gasteiger partial charge in [0.25, 0.3) is 0 Å². The van der Waals surface area contributed by atoms with Crippen molar-refractivity contribution in [2.75, 3.05) is 33.7 Å². The molecule has 0 aromatic heterocycles. The van der Waals surface area contributed by atoms with Gasteiger partial charge in [0.2, 0.25) is 0 Å². The van der Waals surface area contributed by atoms with Crippen LogP contribution in [0.4, 0.5) is 0 Å². The van der Waals surface area contributed by atoms with E-state index in [1.165, 1.54) is 0 Å². The van der Waals surface area contributed by atoms with Crippen molar-refractivity contribution in [3.05, 3.63) is 0 Å². The number of hydrogen-bond acceptors (Lipinski definition) is 4. The molecule has 18 heavy (non-hydrogen) atoms. The molecule has 1 atom stereocenters. The molecule has 0 spiro atoms. The Morgan fingerprint density at radius 2 is 2.06 bits per heavy atom. The third-order valence-corrected chi connectivity index (χ3v) is 3.09. The van der Waals surface area contributed by atoms with Gasteiger partial charge in [-0.3, -0.25) is 9.69 Å². The van der Waals surface area contributed by atoms with Gasteiger partial charge >= 0.3 is 5.97 Å². The van der Waals surface area contributed by atoms with Crippen LogP contribution in [0.15, 0.2) is 0 Å². The summed E-state index contributed by atoms with van der Waals surface area (Å²) < 4.78 is 5.49. The molecule has 106 valence electrons. The van der Waals surface area contributed by atoms with E-state index in [1.54, 1.807) is 0 Å². The molecular formula is C14H28N2O2. The summed E-state index contributed by atoms with van der Waals surface area (Å²) in [4.78, 5) is 16.5. The molecule has 1 fully saturated rings. The first-order chi connectivity index (χ1) is 8.29. The molecular weight excluding hydrogens is 228 g/mol. The maximum absolute atomic E-state index is 12.1. The van der Waals surface area contributed by atoms with E-state index in [1.807, 2.05) is 20.8 Å². The van der Waals surface area contributed by atoms with Crippen molar-refractivity contribution >= 4 is 5.97 Å². The van der Waals surface area contributed by atoms with Gasteiger partial charge in [-0.25, -0.2) is 0 Å². The van der Waals surface area contributed by atoms with E-state index in [2.05, 4.69) is 23.9 Å². The van der Waals surface area contributed by atoms with E-state index in [9.17, 15) is 4.79 Å². The van der Waals surface area contributed by atoms with Gasteiger partial charge in [0.05, 0.1) is 0 Å². The van der Waals surface area contributed by atoms with Crippen molar-refractivity contribution in [1.82, 2.24) is 9.80 Å². The third-order valence-electron chi connectivity index (χ3n) is 3.09. The second-order valence-electron chi connectivity index (χ2n) is 6.38. The van der Waals surface area contributed by atoms with Crippen LogP contribution < -0.4 is 0 Å². The number of likely N-dealkylation sites (tertiary alicyclic amines) is 1. The molecule has 1 aliphatic heterocycles. The Bertz CT molecular complexity index is 271. The fourth-order valence-corrected chi connectivity index (χ4v) is 2.32. The number of nitrogens with zero attached hydrogens (tertiary/aromatic N) is 2. The molecule has 0 amide bonds. The summed E-state index contributed by atoms with van der Waals surface area (Å²) in [5.74, 6) is -0.0511. The lowest BCUT2D eigenvalue weighted by Gasteiger charge is -2.27. The van der Waals surface area contributed by atoms with Crippen LogP contribution >= 0.6 is 0 Å². The molecule has 0 saturated carbocycles. The molecule has 0 aromatic rings. The summed E-state index contributed by atoms with van der Waals surface area (Å²) in [5.41, 5.74) is -0.380. The summed E-state index contributed by atoms with van der Waals surface area (Å²) in [6, 6.07) is -0.0219. The third kappa shape index (κ3) is 5.36. The molecule has 0 aromatic carbocycles. The van der Waals surface area contributed by atoms with Gasteiger partial charge in [-0.2, -0.15) is 0 Å². The summed E-state index contributed by atoms with van der Waals surface area (Å²) >= 11 is 0. The predicted molar refractivity (Wildman–Crippen MR) is 73.6 cm³/mol. The zero-order valence-corrected chi connectivity index (χ0v) is 12.5. The largest absolute Gasteiger partial charge is 0.459 e. The van der Waals surface area contributed by atoms with Crippen molar-refractivity contribution in [2.45, 2.75) is 51.7 Å². The highest BCUT2D eigenvalue weighted by molar-refractivity contribution is 5.76. The Labute approximate surface area is 111 Å². The summed E-state index contributed by atoms with van der Waals surface area (Å²) in [7, 11) is 4.16. The fraction of sp³-hybridized carbons (Fsp3) is 0.929. The van der Waals surface area contributed by atoms with Crippen LogP contribution in [0.2, 0.25) is 0 Å². The highest BCUT2D eigenvalue weighted by Gasteiger charge is 2.33.